The zero-order valence-corrected chi connectivity index (χ0v) is 14.2. The number of hydrogen-bond acceptors (Lipinski definition) is 4. The molecule has 1 saturated carbocycles. The molecule has 1 amide bonds. The topological polar surface area (TPSA) is 93.1 Å². The maximum absolute atomic E-state index is 12.2. The Kier molecular flexibility index (Phi) is 4.42. The average molecular weight is 348 g/mol. The molecule has 3 rings (SSSR count). The van der Waals surface area contributed by atoms with Crippen LogP contribution in [0.3, 0.4) is 0 Å². The first-order chi connectivity index (χ1) is 11.4. The van der Waals surface area contributed by atoms with E-state index in [0.717, 1.165) is 24.8 Å². The van der Waals surface area contributed by atoms with Gasteiger partial charge in [-0.25, -0.2) is 13.1 Å². The Labute approximate surface area is 141 Å². The van der Waals surface area contributed by atoms with E-state index in [-0.39, 0.29) is 22.9 Å². The van der Waals surface area contributed by atoms with Crippen molar-refractivity contribution in [3.05, 3.63) is 48.3 Å². The summed E-state index contributed by atoms with van der Waals surface area (Å²) in [6.07, 6.45) is 5.39. The molecule has 0 saturated heterocycles. The molecular formula is C16H20N4O3S. The standard InChI is InChI=1S/C16H20N4O3S/c1-20-12-14(10-17-20)24(22,23)18-11-15(21)19-16(8-5-9-16)13-6-3-2-4-7-13/h2-4,6-7,10,12,18H,5,8-9,11H2,1H3,(H,19,21). The van der Waals surface area contributed by atoms with E-state index in [1.54, 1.807) is 7.05 Å². The molecule has 1 aliphatic carbocycles. The maximum atomic E-state index is 12.2. The summed E-state index contributed by atoms with van der Waals surface area (Å²) in [5.41, 5.74) is 0.678. The lowest BCUT2D eigenvalue weighted by atomic mass is 9.72. The lowest BCUT2D eigenvalue weighted by Crippen LogP contribution is -2.53. The van der Waals surface area contributed by atoms with Gasteiger partial charge in [-0.05, 0) is 24.8 Å². The van der Waals surface area contributed by atoms with Gasteiger partial charge >= 0.3 is 0 Å². The van der Waals surface area contributed by atoms with Crippen molar-refractivity contribution in [1.29, 1.82) is 0 Å². The molecule has 2 aromatic rings. The number of carbonyl (C=O) groups excluding carboxylic acids is 1. The van der Waals surface area contributed by atoms with E-state index < -0.39 is 10.0 Å². The van der Waals surface area contributed by atoms with Gasteiger partial charge in [-0.15, -0.1) is 0 Å². The van der Waals surface area contributed by atoms with Gasteiger partial charge in [-0.2, -0.15) is 5.10 Å². The molecule has 128 valence electrons. The molecule has 8 heteroatoms. The second-order valence-electron chi connectivity index (χ2n) is 6.02. The lowest BCUT2D eigenvalue weighted by molar-refractivity contribution is -0.123. The fourth-order valence-corrected chi connectivity index (χ4v) is 3.83. The van der Waals surface area contributed by atoms with Crippen LogP contribution in [-0.2, 0) is 27.4 Å². The summed E-state index contributed by atoms with van der Waals surface area (Å²) in [7, 11) is -2.11. The van der Waals surface area contributed by atoms with Crippen LogP contribution >= 0.6 is 0 Å². The number of rotatable bonds is 6. The molecular weight excluding hydrogens is 328 g/mol. The minimum absolute atomic E-state index is 0.0409. The summed E-state index contributed by atoms with van der Waals surface area (Å²) in [4.78, 5) is 12.3. The van der Waals surface area contributed by atoms with E-state index in [1.165, 1.54) is 17.1 Å². The Morgan fingerprint density at radius 1 is 1.29 bits per heavy atom. The Morgan fingerprint density at radius 3 is 2.54 bits per heavy atom. The summed E-state index contributed by atoms with van der Waals surface area (Å²) in [6, 6.07) is 9.78. The van der Waals surface area contributed by atoms with Crippen molar-refractivity contribution in [3.8, 4) is 0 Å². The first-order valence-electron chi connectivity index (χ1n) is 7.76. The first-order valence-corrected chi connectivity index (χ1v) is 9.24. The van der Waals surface area contributed by atoms with Crippen LogP contribution in [0.25, 0.3) is 0 Å². The summed E-state index contributed by atoms with van der Waals surface area (Å²) >= 11 is 0. The lowest BCUT2D eigenvalue weighted by Gasteiger charge is -2.43. The van der Waals surface area contributed by atoms with Gasteiger partial charge in [0.1, 0.15) is 4.90 Å². The number of aromatic nitrogens is 2. The molecule has 24 heavy (non-hydrogen) atoms. The Balaban J connectivity index is 1.63. The molecule has 1 fully saturated rings. The monoisotopic (exact) mass is 348 g/mol. The van der Waals surface area contributed by atoms with Crippen molar-refractivity contribution in [1.82, 2.24) is 19.8 Å². The van der Waals surface area contributed by atoms with Crippen LogP contribution in [0.5, 0.6) is 0 Å². The van der Waals surface area contributed by atoms with Gasteiger partial charge < -0.3 is 5.32 Å². The molecule has 0 bridgehead atoms. The van der Waals surface area contributed by atoms with Crippen molar-refractivity contribution in [2.45, 2.75) is 29.7 Å². The van der Waals surface area contributed by atoms with E-state index in [1.807, 2.05) is 30.3 Å². The average Bonchev–Trinajstić information content (AvgIpc) is 2.97. The number of carbonyl (C=O) groups is 1. The summed E-state index contributed by atoms with van der Waals surface area (Å²) in [6.45, 7) is -0.300. The second-order valence-corrected chi connectivity index (χ2v) is 7.79. The van der Waals surface area contributed by atoms with E-state index in [2.05, 4.69) is 15.1 Å². The Bertz CT molecular complexity index is 826. The number of sulfonamides is 1. The molecule has 7 nitrogen and oxygen atoms in total. The third-order valence-electron chi connectivity index (χ3n) is 4.33. The van der Waals surface area contributed by atoms with Crippen LogP contribution in [0.2, 0.25) is 0 Å². The zero-order chi connectivity index (χ0) is 17.2. The molecule has 1 heterocycles. The second kappa shape index (κ2) is 6.37. The number of amides is 1. The van der Waals surface area contributed by atoms with Gasteiger partial charge in [0.05, 0.1) is 18.3 Å². The van der Waals surface area contributed by atoms with Crippen molar-refractivity contribution in [2.24, 2.45) is 7.05 Å². The van der Waals surface area contributed by atoms with Gasteiger partial charge in [0.2, 0.25) is 15.9 Å². The van der Waals surface area contributed by atoms with E-state index >= 15 is 0 Å². The largest absolute Gasteiger partial charge is 0.345 e. The first kappa shape index (κ1) is 16.7. The number of nitrogens with one attached hydrogen (secondary N) is 2. The minimum atomic E-state index is -3.74. The number of benzene rings is 1. The number of hydrogen-bond donors (Lipinski definition) is 2. The highest BCUT2D eigenvalue weighted by atomic mass is 32.2. The highest BCUT2D eigenvalue weighted by Gasteiger charge is 2.39. The molecule has 2 N–H and O–H groups in total. The molecule has 1 aliphatic rings. The van der Waals surface area contributed by atoms with Gasteiger partial charge in [-0.1, -0.05) is 30.3 Å². The molecule has 0 radical (unpaired) electrons. The third kappa shape index (κ3) is 3.34. The smallest absolute Gasteiger partial charge is 0.244 e. The van der Waals surface area contributed by atoms with Crippen LogP contribution in [0.1, 0.15) is 24.8 Å². The zero-order valence-electron chi connectivity index (χ0n) is 13.4. The predicted molar refractivity (Wildman–Crippen MR) is 88.5 cm³/mol. The van der Waals surface area contributed by atoms with Crippen molar-refractivity contribution >= 4 is 15.9 Å². The SMILES string of the molecule is Cn1cc(S(=O)(=O)NCC(=O)NC2(c3ccccc3)CCC2)cn1. The van der Waals surface area contributed by atoms with Crippen LogP contribution in [0.4, 0.5) is 0 Å². The molecule has 1 aromatic heterocycles. The van der Waals surface area contributed by atoms with Gasteiger partial charge in [0.15, 0.2) is 0 Å². The molecule has 1 aromatic carbocycles. The van der Waals surface area contributed by atoms with Crippen molar-refractivity contribution < 1.29 is 13.2 Å². The normalized spacial score (nSPS) is 16.4. The quantitative estimate of drug-likeness (QED) is 0.811. The fraction of sp³-hybridized carbons (Fsp3) is 0.375. The Morgan fingerprint density at radius 2 is 2.00 bits per heavy atom. The van der Waals surface area contributed by atoms with E-state index in [0.29, 0.717) is 0 Å². The summed E-state index contributed by atoms with van der Waals surface area (Å²) in [5, 5.41) is 6.82. The number of aryl methyl sites for hydroxylation is 1. The molecule has 0 atom stereocenters. The maximum Gasteiger partial charge on any atom is 0.244 e. The van der Waals surface area contributed by atoms with Crippen LogP contribution < -0.4 is 10.0 Å². The van der Waals surface area contributed by atoms with E-state index in [4.69, 9.17) is 0 Å². The van der Waals surface area contributed by atoms with Crippen molar-refractivity contribution in [3.63, 3.8) is 0 Å². The molecule has 0 spiro atoms. The highest BCUT2D eigenvalue weighted by molar-refractivity contribution is 7.89. The van der Waals surface area contributed by atoms with Gasteiger partial charge in [0.25, 0.3) is 0 Å². The summed E-state index contributed by atoms with van der Waals surface area (Å²) < 4.78 is 28.0. The van der Waals surface area contributed by atoms with Crippen LogP contribution in [0.15, 0.2) is 47.6 Å². The predicted octanol–water partition coefficient (Wildman–Crippen LogP) is 0.894. The van der Waals surface area contributed by atoms with Crippen LogP contribution in [-0.4, -0.2) is 30.7 Å². The minimum Gasteiger partial charge on any atom is -0.345 e. The fourth-order valence-electron chi connectivity index (χ4n) is 2.87. The summed E-state index contributed by atoms with van der Waals surface area (Å²) in [5.74, 6) is -0.342. The highest BCUT2D eigenvalue weighted by Crippen LogP contribution is 2.41. The van der Waals surface area contributed by atoms with Gasteiger partial charge in [0, 0.05) is 13.2 Å². The third-order valence-corrected chi connectivity index (χ3v) is 5.68. The molecule has 0 aliphatic heterocycles. The van der Waals surface area contributed by atoms with E-state index in [9.17, 15) is 13.2 Å². The van der Waals surface area contributed by atoms with Crippen LogP contribution in [0, 0.1) is 0 Å². The Hall–Kier alpha value is -2.19. The molecule has 0 unspecified atom stereocenters. The number of nitrogens with zero attached hydrogens (tertiary/aromatic N) is 2. The van der Waals surface area contributed by atoms with Gasteiger partial charge in [-0.3, -0.25) is 9.48 Å². The van der Waals surface area contributed by atoms with Crippen molar-refractivity contribution in [2.75, 3.05) is 6.54 Å².